The molecule has 0 aromatic heterocycles. The zero-order chi connectivity index (χ0) is 23.5. The highest BCUT2D eigenvalue weighted by molar-refractivity contribution is 7.92. The van der Waals surface area contributed by atoms with Crippen LogP contribution in [0.3, 0.4) is 0 Å². The molecule has 0 radical (unpaired) electrons. The maximum absolute atomic E-state index is 13.3. The lowest BCUT2D eigenvalue weighted by Gasteiger charge is -2.32. The zero-order valence-electron chi connectivity index (χ0n) is 18.7. The molecule has 2 aromatic carbocycles. The Labute approximate surface area is 201 Å². The van der Waals surface area contributed by atoms with Crippen molar-refractivity contribution in [2.45, 2.75) is 64.5 Å². The molecule has 1 N–H and O–H groups in total. The predicted octanol–water partition coefficient (Wildman–Crippen LogP) is 5.68. The predicted molar refractivity (Wildman–Crippen MR) is 132 cm³/mol. The summed E-state index contributed by atoms with van der Waals surface area (Å²) < 4.78 is 26.5. The van der Waals surface area contributed by atoms with E-state index in [0.717, 1.165) is 29.0 Å². The Balaban J connectivity index is 1.89. The number of anilines is 1. The van der Waals surface area contributed by atoms with Crippen molar-refractivity contribution >= 4 is 44.8 Å². The Morgan fingerprint density at radius 1 is 1.00 bits per heavy atom. The molecule has 0 aliphatic heterocycles. The van der Waals surface area contributed by atoms with Crippen molar-refractivity contribution in [3.05, 3.63) is 63.1 Å². The van der Waals surface area contributed by atoms with Crippen molar-refractivity contribution in [1.29, 1.82) is 0 Å². The van der Waals surface area contributed by atoms with Crippen molar-refractivity contribution in [2.24, 2.45) is 0 Å². The monoisotopic (exact) mass is 496 g/mol. The minimum absolute atomic E-state index is 0.195. The number of aryl methyl sites for hydroxylation is 2. The molecule has 32 heavy (non-hydrogen) atoms. The third-order valence-corrected chi connectivity index (χ3v) is 7.91. The Hall–Kier alpha value is -1.76. The summed E-state index contributed by atoms with van der Waals surface area (Å²) in [5, 5.41) is 3.63. The second kappa shape index (κ2) is 10.4. The van der Waals surface area contributed by atoms with Crippen LogP contribution in [0, 0.1) is 0 Å². The van der Waals surface area contributed by atoms with Crippen molar-refractivity contribution in [3.8, 4) is 0 Å². The molecule has 0 spiro atoms. The van der Waals surface area contributed by atoms with Crippen LogP contribution in [0.15, 0.2) is 36.4 Å². The lowest BCUT2D eigenvalue weighted by molar-refractivity contribution is -0.123. The normalized spacial score (nSPS) is 15.5. The fourth-order valence-electron chi connectivity index (χ4n) is 4.34. The minimum Gasteiger partial charge on any atom is -0.347 e. The zero-order valence-corrected chi connectivity index (χ0v) is 21.0. The molecular weight excluding hydrogens is 467 g/mol. The van der Waals surface area contributed by atoms with Gasteiger partial charge < -0.3 is 5.32 Å². The molecule has 0 fully saturated rings. The highest BCUT2D eigenvalue weighted by atomic mass is 35.5. The number of amides is 1. The number of hydrogen-bond donors (Lipinski definition) is 1. The molecule has 5 nitrogen and oxygen atoms in total. The van der Waals surface area contributed by atoms with Gasteiger partial charge in [-0.05, 0) is 73.4 Å². The second-order valence-corrected chi connectivity index (χ2v) is 11.0. The number of rotatable bonds is 8. The van der Waals surface area contributed by atoms with Gasteiger partial charge in [0.2, 0.25) is 15.9 Å². The largest absolute Gasteiger partial charge is 0.347 e. The van der Waals surface area contributed by atoms with Crippen LogP contribution in [-0.2, 0) is 27.7 Å². The van der Waals surface area contributed by atoms with Crippen LogP contribution in [0.2, 0.25) is 10.0 Å². The lowest BCUT2D eigenvalue weighted by atomic mass is 9.88. The summed E-state index contributed by atoms with van der Waals surface area (Å²) in [6.45, 7) is 3.80. The average Bonchev–Trinajstić information content (AvgIpc) is 2.76. The van der Waals surface area contributed by atoms with E-state index < -0.39 is 16.1 Å². The lowest BCUT2D eigenvalue weighted by Crippen LogP contribution is -2.50. The third kappa shape index (κ3) is 5.59. The Bertz CT molecular complexity index is 1090. The number of nitrogens with one attached hydrogen (secondary N) is 1. The summed E-state index contributed by atoms with van der Waals surface area (Å²) in [6, 6.07) is 9.89. The first kappa shape index (κ1) is 24.9. The molecule has 3 rings (SSSR count). The van der Waals surface area contributed by atoms with Gasteiger partial charge >= 0.3 is 0 Å². The van der Waals surface area contributed by atoms with Gasteiger partial charge in [0, 0.05) is 0 Å². The number of carbonyl (C=O) groups is 1. The van der Waals surface area contributed by atoms with Gasteiger partial charge in [0.25, 0.3) is 0 Å². The maximum atomic E-state index is 13.3. The molecule has 1 aliphatic rings. The molecule has 2 atom stereocenters. The molecule has 8 heteroatoms. The average molecular weight is 497 g/mol. The molecule has 0 heterocycles. The van der Waals surface area contributed by atoms with E-state index in [1.165, 1.54) is 36.1 Å². The summed E-state index contributed by atoms with van der Waals surface area (Å²) in [5.41, 5.74) is 4.10. The van der Waals surface area contributed by atoms with Crippen molar-refractivity contribution < 1.29 is 13.2 Å². The van der Waals surface area contributed by atoms with Crippen LogP contribution in [0.4, 0.5) is 5.69 Å². The third-order valence-electron chi connectivity index (χ3n) is 5.99. The van der Waals surface area contributed by atoms with E-state index in [-0.39, 0.29) is 17.0 Å². The van der Waals surface area contributed by atoms with E-state index in [1.54, 1.807) is 13.0 Å². The molecule has 1 amide bonds. The molecule has 0 unspecified atom stereocenters. The van der Waals surface area contributed by atoms with Crippen LogP contribution in [-0.4, -0.2) is 26.6 Å². The summed E-state index contributed by atoms with van der Waals surface area (Å²) in [7, 11) is -3.75. The van der Waals surface area contributed by atoms with Gasteiger partial charge in [0.05, 0.1) is 28.0 Å². The fourth-order valence-corrected chi connectivity index (χ4v) is 5.84. The van der Waals surface area contributed by atoms with Gasteiger partial charge in [-0.1, -0.05) is 55.2 Å². The molecular formula is C24H30Cl2N2O3S. The van der Waals surface area contributed by atoms with Gasteiger partial charge in [-0.15, -0.1) is 0 Å². The van der Waals surface area contributed by atoms with E-state index in [1.807, 2.05) is 6.92 Å². The van der Waals surface area contributed by atoms with E-state index in [0.29, 0.717) is 23.6 Å². The number of fused-ring (bicyclic) bond motifs is 1. The van der Waals surface area contributed by atoms with Gasteiger partial charge in [-0.3, -0.25) is 9.10 Å². The number of hydrogen-bond acceptors (Lipinski definition) is 3. The van der Waals surface area contributed by atoms with Gasteiger partial charge in [0.1, 0.15) is 6.04 Å². The van der Waals surface area contributed by atoms with E-state index >= 15 is 0 Å². The molecule has 0 bridgehead atoms. The molecule has 0 saturated carbocycles. The highest BCUT2D eigenvalue weighted by Gasteiger charge is 2.33. The van der Waals surface area contributed by atoms with Crippen LogP contribution in [0.1, 0.15) is 62.3 Å². The first-order valence-electron chi connectivity index (χ1n) is 11.0. The number of nitrogens with zero attached hydrogens (tertiary/aromatic N) is 1. The number of sulfonamides is 1. The Kier molecular flexibility index (Phi) is 8.12. The summed E-state index contributed by atoms with van der Waals surface area (Å²) in [4.78, 5) is 13.3. The van der Waals surface area contributed by atoms with Crippen molar-refractivity contribution in [1.82, 2.24) is 5.32 Å². The van der Waals surface area contributed by atoms with Crippen LogP contribution in [0.5, 0.6) is 0 Å². The number of benzene rings is 2. The van der Waals surface area contributed by atoms with Gasteiger partial charge in [-0.2, -0.15) is 0 Å². The SMILES string of the molecule is CC[C@H](NC(=O)[C@@H](CC)N(c1ccc(Cl)c(Cl)c1)S(C)(=O)=O)c1ccc2c(c1)CCCC2. The molecule has 174 valence electrons. The summed E-state index contributed by atoms with van der Waals surface area (Å²) >= 11 is 12.1. The minimum atomic E-state index is -3.75. The molecule has 2 aromatic rings. The maximum Gasteiger partial charge on any atom is 0.244 e. The first-order valence-corrected chi connectivity index (χ1v) is 13.6. The van der Waals surface area contributed by atoms with Gasteiger partial charge in [-0.25, -0.2) is 8.42 Å². The first-order chi connectivity index (χ1) is 15.2. The van der Waals surface area contributed by atoms with E-state index in [2.05, 4.69) is 23.5 Å². The molecule has 1 aliphatic carbocycles. The van der Waals surface area contributed by atoms with Crippen LogP contribution >= 0.6 is 23.2 Å². The Morgan fingerprint density at radius 2 is 1.69 bits per heavy atom. The quantitative estimate of drug-likeness (QED) is 0.510. The highest BCUT2D eigenvalue weighted by Crippen LogP contribution is 2.31. The van der Waals surface area contributed by atoms with Crippen LogP contribution < -0.4 is 9.62 Å². The van der Waals surface area contributed by atoms with Crippen molar-refractivity contribution in [3.63, 3.8) is 0 Å². The molecule has 0 saturated heterocycles. The van der Waals surface area contributed by atoms with Crippen molar-refractivity contribution in [2.75, 3.05) is 10.6 Å². The van der Waals surface area contributed by atoms with E-state index in [9.17, 15) is 13.2 Å². The van der Waals surface area contributed by atoms with Crippen LogP contribution in [0.25, 0.3) is 0 Å². The standard InChI is InChI=1S/C24H30Cl2N2O3S/c1-4-22(18-11-10-16-8-6-7-9-17(16)14-18)27-24(29)23(5-2)28(32(3,30)31)19-12-13-20(25)21(26)15-19/h10-15,22-23H,4-9H2,1-3H3,(H,27,29)/t22-,23+/m0/s1. The van der Waals surface area contributed by atoms with E-state index in [4.69, 9.17) is 23.2 Å². The summed E-state index contributed by atoms with van der Waals surface area (Å²) in [5.74, 6) is -0.339. The summed E-state index contributed by atoms with van der Waals surface area (Å²) in [6.07, 6.45) is 6.66. The smallest absolute Gasteiger partial charge is 0.244 e. The second-order valence-electron chi connectivity index (χ2n) is 8.29. The topological polar surface area (TPSA) is 66.5 Å². The number of carbonyl (C=O) groups excluding carboxylic acids is 1. The van der Waals surface area contributed by atoms with Gasteiger partial charge in [0.15, 0.2) is 0 Å². The Morgan fingerprint density at radius 3 is 2.28 bits per heavy atom. The number of halogens is 2. The fraction of sp³-hybridized carbons (Fsp3) is 0.458.